The molecule has 4 aliphatic carbocycles. The van der Waals surface area contributed by atoms with Gasteiger partial charge in [0.15, 0.2) is 0 Å². The van der Waals surface area contributed by atoms with Gasteiger partial charge in [-0.25, -0.2) is 4.79 Å². The van der Waals surface area contributed by atoms with Gasteiger partial charge in [-0.2, -0.15) is 0 Å². The number of anilines is 1. The Hall–Kier alpha value is -2.18. The third-order valence-electron chi connectivity index (χ3n) is 11.9. The monoisotopic (exact) mass is 548 g/mol. The third-order valence-corrected chi connectivity index (χ3v) is 11.9. The Kier molecular flexibility index (Phi) is 7.62. The van der Waals surface area contributed by atoms with Gasteiger partial charge in [-0.3, -0.25) is 4.79 Å². The molecule has 6 rings (SSSR count). The molecule has 4 fully saturated rings. The van der Waals surface area contributed by atoms with E-state index in [1.54, 1.807) is 6.07 Å². The number of ether oxygens (including phenoxy) is 1. The highest BCUT2D eigenvalue weighted by Gasteiger charge is 2.60. The van der Waals surface area contributed by atoms with Crippen LogP contribution in [0.15, 0.2) is 33.5 Å². The lowest BCUT2D eigenvalue weighted by Crippen LogP contribution is -2.54. The van der Waals surface area contributed by atoms with Gasteiger partial charge in [-0.1, -0.05) is 13.8 Å². The number of rotatable bonds is 8. The molecule has 4 aliphatic rings. The van der Waals surface area contributed by atoms with Crippen LogP contribution in [0.1, 0.15) is 77.2 Å². The molecule has 0 aliphatic heterocycles. The summed E-state index contributed by atoms with van der Waals surface area (Å²) in [6, 6.07) is 7.69. The summed E-state index contributed by atoms with van der Waals surface area (Å²) in [6.45, 7) is 7.40. The summed E-state index contributed by atoms with van der Waals surface area (Å²) in [5, 5.41) is 4.55. The highest BCUT2D eigenvalue weighted by atomic mass is 16.5. The first-order valence-corrected chi connectivity index (χ1v) is 15.8. The molecule has 2 aromatic rings. The number of nitrogens with zero attached hydrogens (tertiary/aromatic N) is 1. The molecular weight excluding hydrogens is 500 g/mol. The first-order chi connectivity index (χ1) is 19.2. The molecule has 1 aromatic heterocycles. The van der Waals surface area contributed by atoms with Gasteiger partial charge in [0.25, 0.3) is 0 Å². The number of hydrogen-bond donors (Lipinski definition) is 1. The van der Waals surface area contributed by atoms with Crippen molar-refractivity contribution in [2.45, 2.75) is 84.2 Å². The van der Waals surface area contributed by atoms with Crippen LogP contribution in [-0.4, -0.2) is 45.7 Å². The second-order valence-corrected chi connectivity index (χ2v) is 14.0. The quantitative estimate of drug-likeness (QED) is 0.323. The molecule has 40 heavy (non-hydrogen) atoms. The van der Waals surface area contributed by atoms with Gasteiger partial charge < -0.3 is 19.4 Å². The number of benzene rings is 1. The van der Waals surface area contributed by atoms with Crippen molar-refractivity contribution in [3.8, 4) is 0 Å². The van der Waals surface area contributed by atoms with Gasteiger partial charge in [0, 0.05) is 56.7 Å². The molecular formula is C34H48N2O4. The fourth-order valence-electron chi connectivity index (χ4n) is 9.60. The lowest BCUT2D eigenvalue weighted by molar-refractivity contribution is -0.145. The second kappa shape index (κ2) is 10.9. The zero-order valence-corrected chi connectivity index (χ0v) is 25.0. The van der Waals surface area contributed by atoms with Gasteiger partial charge in [0.2, 0.25) is 0 Å². The van der Waals surface area contributed by atoms with E-state index in [1.165, 1.54) is 38.5 Å². The summed E-state index contributed by atoms with van der Waals surface area (Å²) in [5.74, 6) is 3.50. The van der Waals surface area contributed by atoms with E-state index >= 15 is 0 Å². The Morgan fingerprint density at radius 1 is 0.975 bits per heavy atom. The first kappa shape index (κ1) is 28.0. The number of Topliss-reactive ketones (excluding diaryl/α,β-unsaturated/α-hetero) is 1. The molecule has 0 saturated heterocycles. The lowest BCUT2D eigenvalue weighted by Gasteiger charge is -2.60. The fourth-order valence-corrected chi connectivity index (χ4v) is 9.60. The molecule has 0 amide bonds. The highest BCUT2D eigenvalue weighted by Crippen LogP contribution is 2.66. The molecule has 0 unspecified atom stereocenters. The number of fused-ring (bicyclic) bond motifs is 6. The van der Waals surface area contributed by atoms with Crippen molar-refractivity contribution in [2.75, 3.05) is 38.7 Å². The minimum absolute atomic E-state index is 0.289. The van der Waals surface area contributed by atoms with E-state index in [4.69, 9.17) is 9.15 Å². The number of carbonyl (C=O) groups excluding carboxylic acids is 1. The van der Waals surface area contributed by atoms with Crippen LogP contribution in [0.25, 0.3) is 11.0 Å². The van der Waals surface area contributed by atoms with Crippen LogP contribution in [-0.2, 0) is 16.0 Å². The Morgan fingerprint density at radius 2 is 1.80 bits per heavy atom. The Morgan fingerprint density at radius 3 is 2.62 bits per heavy atom. The maximum atomic E-state index is 12.2. The van der Waals surface area contributed by atoms with Gasteiger partial charge in [-0.05, 0) is 110 Å². The SMILES string of the molecule is CN(C)c1ccc2c(CCNCCO[C@H]3CC[C@H]4[C@@H]5CC[C@H]6CC(=O)CC[C@]6(C)[C@H]5CC[C@]34C)cc(=O)oc2c1. The molecule has 1 heterocycles. The normalized spacial score (nSPS) is 35.3. The van der Waals surface area contributed by atoms with Gasteiger partial charge in [0.1, 0.15) is 11.4 Å². The van der Waals surface area contributed by atoms with E-state index in [-0.39, 0.29) is 11.0 Å². The second-order valence-electron chi connectivity index (χ2n) is 14.0. The molecule has 6 heteroatoms. The maximum absolute atomic E-state index is 12.2. The van der Waals surface area contributed by atoms with Crippen LogP contribution in [0.4, 0.5) is 5.69 Å². The minimum Gasteiger partial charge on any atom is -0.423 e. The van der Waals surface area contributed by atoms with E-state index in [2.05, 4.69) is 31.3 Å². The highest BCUT2D eigenvalue weighted by molar-refractivity contribution is 5.83. The number of hydrogen-bond acceptors (Lipinski definition) is 6. The van der Waals surface area contributed by atoms with E-state index in [9.17, 15) is 9.59 Å². The molecule has 1 N–H and O–H groups in total. The Bertz CT molecular complexity index is 1300. The van der Waals surface area contributed by atoms with Crippen LogP contribution < -0.4 is 15.8 Å². The summed E-state index contributed by atoms with van der Waals surface area (Å²) in [5.41, 5.74) is 3.07. The molecule has 7 atom stereocenters. The number of carbonyl (C=O) groups is 1. The van der Waals surface area contributed by atoms with Crippen molar-refractivity contribution in [3.63, 3.8) is 0 Å². The fraction of sp³-hybridized carbons (Fsp3) is 0.706. The van der Waals surface area contributed by atoms with Crippen molar-refractivity contribution >= 4 is 22.4 Å². The van der Waals surface area contributed by atoms with E-state index in [1.807, 2.05) is 25.1 Å². The molecule has 0 spiro atoms. The van der Waals surface area contributed by atoms with Crippen LogP contribution in [0.5, 0.6) is 0 Å². The summed E-state index contributed by atoms with van der Waals surface area (Å²) >= 11 is 0. The Labute approximate surface area is 239 Å². The molecule has 0 bridgehead atoms. The zero-order valence-electron chi connectivity index (χ0n) is 25.0. The molecule has 4 saturated carbocycles. The maximum Gasteiger partial charge on any atom is 0.336 e. The molecule has 0 radical (unpaired) electrons. The largest absolute Gasteiger partial charge is 0.423 e. The number of ketones is 1. The number of nitrogens with one attached hydrogen (secondary N) is 1. The van der Waals surface area contributed by atoms with E-state index < -0.39 is 0 Å². The van der Waals surface area contributed by atoms with Crippen LogP contribution in [0, 0.1) is 34.5 Å². The van der Waals surface area contributed by atoms with Crippen molar-refractivity contribution in [1.82, 2.24) is 5.32 Å². The zero-order chi connectivity index (χ0) is 28.1. The van der Waals surface area contributed by atoms with Crippen molar-refractivity contribution < 1.29 is 13.9 Å². The van der Waals surface area contributed by atoms with E-state index in [0.29, 0.717) is 28.8 Å². The first-order valence-electron chi connectivity index (χ1n) is 15.8. The van der Waals surface area contributed by atoms with Gasteiger partial charge in [-0.15, -0.1) is 0 Å². The van der Waals surface area contributed by atoms with Crippen LogP contribution in [0.3, 0.4) is 0 Å². The summed E-state index contributed by atoms with van der Waals surface area (Å²) in [6.07, 6.45) is 11.5. The minimum atomic E-state index is -0.292. The predicted molar refractivity (Wildman–Crippen MR) is 160 cm³/mol. The average molecular weight is 549 g/mol. The Balaban J connectivity index is 1.01. The standard InChI is InChI=1S/C34H48N2O4/c1-33-14-11-25(37)20-23(33)5-7-27-28-9-10-31(34(28,2)15-12-29(27)33)39-18-17-35-16-13-22-19-32(38)40-30-21-24(36(3)4)6-8-26(22)30/h6,8,19,21,23,27-29,31,35H,5,7,9-18,20H2,1-4H3/t23-,27-,28-,29-,31-,33-,34-/m0/s1. The smallest absolute Gasteiger partial charge is 0.336 e. The molecule has 218 valence electrons. The topological polar surface area (TPSA) is 71.8 Å². The van der Waals surface area contributed by atoms with Gasteiger partial charge >= 0.3 is 5.63 Å². The van der Waals surface area contributed by atoms with Crippen molar-refractivity contribution in [1.29, 1.82) is 0 Å². The third kappa shape index (κ3) is 4.93. The average Bonchev–Trinajstić information content (AvgIpc) is 3.26. The van der Waals surface area contributed by atoms with Gasteiger partial charge in [0.05, 0.1) is 12.7 Å². The predicted octanol–water partition coefficient (Wildman–Crippen LogP) is 5.99. The lowest BCUT2D eigenvalue weighted by atomic mass is 9.45. The van der Waals surface area contributed by atoms with E-state index in [0.717, 1.165) is 79.8 Å². The van der Waals surface area contributed by atoms with Crippen LogP contribution >= 0.6 is 0 Å². The summed E-state index contributed by atoms with van der Waals surface area (Å²) in [7, 11) is 3.97. The summed E-state index contributed by atoms with van der Waals surface area (Å²) in [4.78, 5) is 26.4. The van der Waals surface area contributed by atoms with Crippen molar-refractivity contribution in [3.05, 3.63) is 40.2 Å². The molecule has 6 nitrogen and oxygen atoms in total. The van der Waals surface area contributed by atoms with Crippen LogP contribution in [0.2, 0.25) is 0 Å². The summed E-state index contributed by atoms with van der Waals surface area (Å²) < 4.78 is 12.1. The molecule has 1 aromatic carbocycles. The van der Waals surface area contributed by atoms with Crippen molar-refractivity contribution in [2.24, 2.45) is 34.5 Å².